The first-order valence-corrected chi connectivity index (χ1v) is 11.7. The zero-order valence-electron chi connectivity index (χ0n) is 17.6. The molecule has 0 saturated heterocycles. The number of aromatic amines is 1. The summed E-state index contributed by atoms with van der Waals surface area (Å²) in [5.41, 5.74) is 2.49. The number of H-pyrrole nitrogens is 1. The summed E-state index contributed by atoms with van der Waals surface area (Å²) >= 11 is 0. The normalized spacial score (nSPS) is 12.5. The lowest BCUT2D eigenvalue weighted by molar-refractivity contribution is -0.122. The van der Waals surface area contributed by atoms with Crippen molar-refractivity contribution in [3.05, 3.63) is 96.1 Å². The van der Waals surface area contributed by atoms with Gasteiger partial charge >= 0.3 is 0 Å². The van der Waals surface area contributed by atoms with Crippen LogP contribution in [-0.2, 0) is 27.8 Å². The molecule has 1 heterocycles. The quantitative estimate of drug-likeness (QED) is 0.385. The fraction of sp³-hybridized carbons (Fsp3) is 0.167. The van der Waals surface area contributed by atoms with Gasteiger partial charge < -0.3 is 10.3 Å². The van der Waals surface area contributed by atoms with Gasteiger partial charge in [0.05, 0.1) is 16.9 Å². The lowest BCUT2D eigenvalue weighted by Crippen LogP contribution is -2.47. The second kappa shape index (κ2) is 9.33. The number of fused-ring (bicyclic) bond motifs is 1. The molecule has 164 valence electrons. The van der Waals surface area contributed by atoms with Crippen molar-refractivity contribution >= 4 is 26.7 Å². The van der Waals surface area contributed by atoms with Crippen LogP contribution in [0.2, 0.25) is 0 Å². The van der Waals surface area contributed by atoms with Gasteiger partial charge in [-0.1, -0.05) is 60.7 Å². The number of hydrogen-bond acceptors (Lipinski definition) is 4. The largest absolute Gasteiger partial charge is 0.351 e. The van der Waals surface area contributed by atoms with Crippen molar-refractivity contribution < 1.29 is 13.2 Å². The third kappa shape index (κ3) is 4.87. The number of benzene rings is 3. The number of sulfonamides is 1. The Bertz CT molecular complexity index is 1320. The molecular formula is C24H24N4O3S. The molecule has 1 aromatic heterocycles. The molecule has 0 aliphatic heterocycles. The van der Waals surface area contributed by atoms with Crippen LogP contribution in [0, 0.1) is 6.92 Å². The Morgan fingerprint density at radius 1 is 1.00 bits per heavy atom. The van der Waals surface area contributed by atoms with E-state index in [2.05, 4.69) is 20.0 Å². The maximum atomic E-state index is 13.4. The van der Waals surface area contributed by atoms with Gasteiger partial charge in [-0.3, -0.25) is 4.79 Å². The van der Waals surface area contributed by atoms with E-state index in [1.807, 2.05) is 49.4 Å². The lowest BCUT2D eigenvalue weighted by atomic mass is 10.1. The Labute approximate surface area is 187 Å². The molecule has 3 N–H and O–H groups in total. The van der Waals surface area contributed by atoms with Crippen LogP contribution in [0.5, 0.6) is 0 Å². The first kappa shape index (κ1) is 21.7. The molecule has 0 fully saturated rings. The first-order valence-electron chi connectivity index (χ1n) is 10.2. The van der Waals surface area contributed by atoms with Crippen molar-refractivity contribution in [3.8, 4) is 0 Å². The van der Waals surface area contributed by atoms with E-state index in [4.69, 9.17) is 0 Å². The zero-order chi connectivity index (χ0) is 22.6. The molecule has 1 atom stereocenters. The van der Waals surface area contributed by atoms with Crippen molar-refractivity contribution in [2.45, 2.75) is 30.8 Å². The van der Waals surface area contributed by atoms with E-state index in [0.29, 0.717) is 17.6 Å². The molecule has 0 aliphatic carbocycles. The number of imidazole rings is 1. The minimum absolute atomic E-state index is 0.118. The Morgan fingerprint density at radius 3 is 2.44 bits per heavy atom. The van der Waals surface area contributed by atoms with Gasteiger partial charge in [-0.2, -0.15) is 4.72 Å². The summed E-state index contributed by atoms with van der Waals surface area (Å²) < 4.78 is 29.3. The maximum Gasteiger partial charge on any atom is 0.241 e. The van der Waals surface area contributed by atoms with Gasteiger partial charge in [0.25, 0.3) is 0 Å². The predicted octanol–water partition coefficient (Wildman–Crippen LogP) is 3.08. The maximum absolute atomic E-state index is 13.4. The highest BCUT2D eigenvalue weighted by atomic mass is 32.2. The second-order valence-electron chi connectivity index (χ2n) is 7.57. The molecule has 4 aromatic rings. The van der Waals surface area contributed by atoms with E-state index in [-0.39, 0.29) is 11.3 Å². The number of aromatic nitrogens is 2. The molecule has 4 rings (SSSR count). The van der Waals surface area contributed by atoms with Gasteiger partial charge in [0, 0.05) is 24.5 Å². The smallest absolute Gasteiger partial charge is 0.241 e. The number of carbonyl (C=O) groups is 1. The van der Waals surface area contributed by atoms with Crippen LogP contribution in [-0.4, -0.2) is 30.3 Å². The van der Waals surface area contributed by atoms with Crippen LogP contribution in [0.3, 0.4) is 0 Å². The summed E-state index contributed by atoms with van der Waals surface area (Å²) in [4.78, 5) is 20.1. The molecule has 0 spiro atoms. The number of nitrogens with zero attached hydrogens (tertiary/aromatic N) is 1. The number of amides is 1. The molecule has 0 aliphatic rings. The number of rotatable bonds is 8. The molecule has 32 heavy (non-hydrogen) atoms. The molecule has 7 nitrogen and oxygen atoms in total. The number of nitrogens with one attached hydrogen (secondary N) is 3. The lowest BCUT2D eigenvalue weighted by Gasteiger charge is -2.19. The highest BCUT2D eigenvalue weighted by Crippen LogP contribution is 2.26. The van der Waals surface area contributed by atoms with Crippen molar-refractivity contribution in [2.75, 3.05) is 0 Å². The van der Waals surface area contributed by atoms with Crippen LogP contribution in [0.4, 0.5) is 0 Å². The Balaban J connectivity index is 1.61. The van der Waals surface area contributed by atoms with E-state index in [1.165, 1.54) is 6.33 Å². The highest BCUT2D eigenvalue weighted by Gasteiger charge is 2.28. The summed E-state index contributed by atoms with van der Waals surface area (Å²) in [6.07, 6.45) is 3.26. The molecule has 3 aromatic carbocycles. The van der Waals surface area contributed by atoms with Crippen LogP contribution < -0.4 is 10.0 Å². The summed E-state index contributed by atoms with van der Waals surface area (Å²) in [7, 11) is -3.98. The molecule has 1 amide bonds. The molecular weight excluding hydrogens is 424 g/mol. The van der Waals surface area contributed by atoms with Gasteiger partial charge in [-0.15, -0.1) is 0 Å². The average Bonchev–Trinajstić information content (AvgIpc) is 3.31. The molecule has 0 saturated carbocycles. The van der Waals surface area contributed by atoms with Crippen LogP contribution >= 0.6 is 0 Å². The minimum atomic E-state index is -3.98. The van der Waals surface area contributed by atoms with Crippen molar-refractivity contribution in [1.29, 1.82) is 0 Å². The monoisotopic (exact) mass is 448 g/mol. The SMILES string of the molecule is Cc1ccc(S(=O)(=O)N[C@@H](Cc2c[nH]cn2)C(=O)NCc2ccccc2)c2ccccc12. The Hall–Kier alpha value is -3.49. The zero-order valence-corrected chi connectivity index (χ0v) is 18.4. The van der Waals surface area contributed by atoms with Gasteiger partial charge in [0.2, 0.25) is 15.9 Å². The van der Waals surface area contributed by atoms with Crippen LogP contribution in [0.15, 0.2) is 84.1 Å². The number of carbonyl (C=O) groups excluding carboxylic acids is 1. The van der Waals surface area contributed by atoms with E-state index < -0.39 is 22.0 Å². The molecule has 0 bridgehead atoms. The summed E-state index contributed by atoms with van der Waals surface area (Å²) in [6, 6.07) is 19.1. The number of aryl methyl sites for hydroxylation is 1. The third-order valence-corrected chi connectivity index (χ3v) is 6.81. The fourth-order valence-electron chi connectivity index (χ4n) is 3.61. The molecule has 8 heteroatoms. The van der Waals surface area contributed by atoms with Crippen LogP contribution in [0.25, 0.3) is 10.8 Å². The second-order valence-corrected chi connectivity index (χ2v) is 9.25. The third-order valence-electron chi connectivity index (χ3n) is 5.28. The van der Waals surface area contributed by atoms with Crippen LogP contribution in [0.1, 0.15) is 16.8 Å². The molecule has 0 unspecified atom stereocenters. The number of hydrogen-bond donors (Lipinski definition) is 3. The summed E-state index contributed by atoms with van der Waals surface area (Å²) in [5.74, 6) is -0.420. The van der Waals surface area contributed by atoms with E-state index in [9.17, 15) is 13.2 Å². The fourth-order valence-corrected chi connectivity index (χ4v) is 5.02. The minimum Gasteiger partial charge on any atom is -0.351 e. The van der Waals surface area contributed by atoms with E-state index in [1.54, 1.807) is 30.5 Å². The van der Waals surface area contributed by atoms with Crippen molar-refractivity contribution in [2.24, 2.45) is 0 Å². The Kier molecular flexibility index (Phi) is 6.34. The Morgan fingerprint density at radius 2 is 1.72 bits per heavy atom. The van der Waals surface area contributed by atoms with E-state index >= 15 is 0 Å². The van der Waals surface area contributed by atoms with Crippen molar-refractivity contribution in [3.63, 3.8) is 0 Å². The summed E-state index contributed by atoms with van der Waals surface area (Å²) in [6.45, 7) is 2.23. The summed E-state index contributed by atoms with van der Waals surface area (Å²) in [5, 5.41) is 4.30. The van der Waals surface area contributed by atoms with Gasteiger partial charge in [-0.25, -0.2) is 13.4 Å². The van der Waals surface area contributed by atoms with Gasteiger partial charge in [0.1, 0.15) is 6.04 Å². The van der Waals surface area contributed by atoms with E-state index in [0.717, 1.165) is 16.5 Å². The first-order chi connectivity index (χ1) is 15.4. The van der Waals surface area contributed by atoms with Gasteiger partial charge in [0.15, 0.2) is 0 Å². The predicted molar refractivity (Wildman–Crippen MR) is 123 cm³/mol. The van der Waals surface area contributed by atoms with Crippen molar-refractivity contribution in [1.82, 2.24) is 20.0 Å². The standard InChI is InChI=1S/C24H24N4O3S/c1-17-11-12-23(21-10-6-5-9-20(17)21)32(30,31)28-22(13-19-15-25-16-27-19)24(29)26-14-18-7-3-2-4-8-18/h2-12,15-16,22,28H,13-14H2,1H3,(H,25,27)(H,26,29)/t22-/m0/s1. The highest BCUT2D eigenvalue weighted by molar-refractivity contribution is 7.89. The van der Waals surface area contributed by atoms with Gasteiger partial charge in [-0.05, 0) is 29.5 Å². The molecule has 0 radical (unpaired) electrons. The average molecular weight is 449 g/mol. The topological polar surface area (TPSA) is 104 Å².